The van der Waals surface area contributed by atoms with E-state index in [-0.39, 0.29) is 12.3 Å². The highest BCUT2D eigenvalue weighted by Crippen LogP contribution is 2.30. The number of carbonyl (C=O) groups excluding carboxylic acids is 1. The van der Waals surface area contributed by atoms with Gasteiger partial charge in [0.2, 0.25) is 0 Å². The fourth-order valence-electron chi connectivity index (χ4n) is 2.45. The molecule has 2 aromatic heterocycles. The number of imidazole rings is 1. The van der Waals surface area contributed by atoms with Crippen LogP contribution in [0, 0.1) is 5.82 Å². The van der Waals surface area contributed by atoms with Gasteiger partial charge in [0.25, 0.3) is 0 Å². The Bertz CT molecular complexity index is 893. The van der Waals surface area contributed by atoms with Crippen LogP contribution < -0.4 is 0 Å². The van der Waals surface area contributed by atoms with Gasteiger partial charge in [-0.1, -0.05) is 23.7 Å². The van der Waals surface area contributed by atoms with Gasteiger partial charge in [-0.25, -0.2) is 14.2 Å². The molecular weight excluding hydrogens is 335 g/mol. The molecule has 0 fully saturated rings. The Hall–Kier alpha value is -2.44. The minimum atomic E-state index is -1.59. The number of aliphatic hydroxyl groups is 1. The molecule has 0 saturated carbocycles. The molecule has 0 bridgehead atoms. The van der Waals surface area contributed by atoms with E-state index >= 15 is 0 Å². The lowest BCUT2D eigenvalue weighted by atomic mass is 10.1. The molecule has 3 rings (SSSR count). The fraction of sp³-hybridized carbons (Fsp3) is 0.176. The fourth-order valence-corrected chi connectivity index (χ4v) is 2.58. The third-order valence-electron chi connectivity index (χ3n) is 3.51. The van der Waals surface area contributed by atoms with E-state index in [2.05, 4.69) is 4.98 Å². The summed E-state index contributed by atoms with van der Waals surface area (Å²) in [5.41, 5.74) is 1.55. The Morgan fingerprint density at radius 1 is 1.33 bits per heavy atom. The van der Waals surface area contributed by atoms with E-state index in [0.29, 0.717) is 21.9 Å². The number of aliphatic hydroxyl groups excluding tert-OH is 1. The lowest BCUT2D eigenvalue weighted by Gasteiger charge is -2.12. The minimum Gasteiger partial charge on any atom is -0.464 e. The third kappa shape index (κ3) is 2.98. The molecular formula is C17H14ClFN2O3. The van der Waals surface area contributed by atoms with Gasteiger partial charge in [-0.2, -0.15) is 0 Å². The van der Waals surface area contributed by atoms with Crippen molar-refractivity contribution in [1.82, 2.24) is 9.38 Å². The highest BCUT2D eigenvalue weighted by molar-refractivity contribution is 6.30. The van der Waals surface area contributed by atoms with Gasteiger partial charge in [0, 0.05) is 16.8 Å². The summed E-state index contributed by atoms with van der Waals surface area (Å²) in [6.07, 6.45) is -0.424. The molecule has 1 N–H and O–H groups in total. The summed E-state index contributed by atoms with van der Waals surface area (Å²) >= 11 is 5.89. The zero-order valence-electron chi connectivity index (χ0n) is 12.7. The van der Waals surface area contributed by atoms with Crippen LogP contribution in [0.3, 0.4) is 0 Å². The van der Waals surface area contributed by atoms with E-state index in [1.165, 1.54) is 22.7 Å². The lowest BCUT2D eigenvalue weighted by molar-refractivity contribution is -0.153. The quantitative estimate of drug-likeness (QED) is 0.734. The van der Waals surface area contributed by atoms with Gasteiger partial charge >= 0.3 is 5.97 Å². The van der Waals surface area contributed by atoms with E-state index in [9.17, 15) is 14.3 Å². The normalized spacial score (nSPS) is 12.3. The number of esters is 1. The van der Waals surface area contributed by atoms with Crippen molar-refractivity contribution in [3.8, 4) is 11.3 Å². The Kier molecular flexibility index (Phi) is 4.51. The number of nitrogens with zero attached hydrogens (tertiary/aromatic N) is 2. The molecule has 0 aliphatic rings. The van der Waals surface area contributed by atoms with Crippen LogP contribution >= 0.6 is 11.6 Å². The second-order valence-corrected chi connectivity index (χ2v) is 5.52. The summed E-state index contributed by atoms with van der Waals surface area (Å²) in [4.78, 5) is 16.4. The van der Waals surface area contributed by atoms with Gasteiger partial charge in [-0.05, 0) is 31.2 Å². The highest BCUT2D eigenvalue weighted by Gasteiger charge is 2.27. The van der Waals surface area contributed by atoms with E-state index in [0.717, 1.165) is 0 Å². The van der Waals surface area contributed by atoms with Crippen molar-refractivity contribution in [2.45, 2.75) is 13.0 Å². The molecule has 124 valence electrons. The van der Waals surface area contributed by atoms with Crippen LogP contribution in [0.5, 0.6) is 0 Å². The van der Waals surface area contributed by atoms with Crippen LogP contribution in [0.4, 0.5) is 4.39 Å². The highest BCUT2D eigenvalue weighted by atomic mass is 35.5. The summed E-state index contributed by atoms with van der Waals surface area (Å²) in [6.45, 7) is 1.76. The number of aromatic nitrogens is 2. The number of hydrogen-bond acceptors (Lipinski definition) is 4. The Labute approximate surface area is 142 Å². The third-order valence-corrected chi connectivity index (χ3v) is 3.76. The van der Waals surface area contributed by atoms with E-state index < -0.39 is 17.9 Å². The molecule has 0 saturated heterocycles. The first-order chi connectivity index (χ1) is 11.5. The van der Waals surface area contributed by atoms with E-state index in [4.69, 9.17) is 16.3 Å². The lowest BCUT2D eigenvalue weighted by Crippen LogP contribution is -2.18. The predicted molar refractivity (Wildman–Crippen MR) is 87.2 cm³/mol. The van der Waals surface area contributed by atoms with Gasteiger partial charge in [0.15, 0.2) is 6.10 Å². The molecule has 1 atom stereocenters. The average molecular weight is 349 g/mol. The zero-order chi connectivity index (χ0) is 17.3. The molecule has 3 aromatic rings. The predicted octanol–water partition coefficient (Wildman–Crippen LogP) is 3.39. The van der Waals surface area contributed by atoms with Crippen LogP contribution in [-0.2, 0) is 9.53 Å². The van der Waals surface area contributed by atoms with Gasteiger partial charge in [0.05, 0.1) is 18.0 Å². The minimum absolute atomic E-state index is 0.122. The molecule has 5 nitrogen and oxygen atoms in total. The van der Waals surface area contributed by atoms with Crippen molar-refractivity contribution >= 4 is 23.2 Å². The first kappa shape index (κ1) is 16.4. The van der Waals surface area contributed by atoms with Crippen LogP contribution in [0.15, 0.2) is 42.6 Å². The van der Waals surface area contributed by atoms with Gasteiger partial charge in [-0.3, -0.25) is 4.40 Å². The Morgan fingerprint density at radius 2 is 2.04 bits per heavy atom. The molecule has 0 aliphatic carbocycles. The van der Waals surface area contributed by atoms with Gasteiger partial charge < -0.3 is 9.84 Å². The van der Waals surface area contributed by atoms with Crippen molar-refractivity contribution in [3.63, 3.8) is 0 Å². The van der Waals surface area contributed by atoms with Crippen LogP contribution in [0.25, 0.3) is 16.9 Å². The summed E-state index contributed by atoms with van der Waals surface area (Å²) in [7, 11) is 0. The number of fused-ring (bicyclic) bond motifs is 1. The first-order valence-electron chi connectivity index (χ1n) is 7.29. The molecule has 0 aliphatic heterocycles. The van der Waals surface area contributed by atoms with E-state index in [1.54, 1.807) is 31.2 Å². The second kappa shape index (κ2) is 6.59. The molecule has 1 aromatic carbocycles. The number of hydrogen-bond donors (Lipinski definition) is 1. The maximum absolute atomic E-state index is 13.6. The molecule has 2 heterocycles. The number of ether oxygens (including phenoxy) is 1. The van der Waals surface area contributed by atoms with Crippen LogP contribution in [0.1, 0.15) is 18.7 Å². The maximum Gasteiger partial charge on any atom is 0.341 e. The van der Waals surface area contributed by atoms with Crippen LogP contribution in [0.2, 0.25) is 5.02 Å². The average Bonchev–Trinajstić information content (AvgIpc) is 2.93. The van der Waals surface area contributed by atoms with E-state index in [1.807, 2.05) is 0 Å². The van der Waals surface area contributed by atoms with Gasteiger partial charge in [-0.15, -0.1) is 0 Å². The first-order valence-corrected chi connectivity index (χ1v) is 7.67. The Morgan fingerprint density at radius 3 is 2.71 bits per heavy atom. The molecule has 0 radical (unpaired) electrons. The summed E-state index contributed by atoms with van der Waals surface area (Å²) in [5, 5.41) is 11.0. The Balaban J connectivity index is 2.22. The smallest absolute Gasteiger partial charge is 0.341 e. The summed E-state index contributed by atoms with van der Waals surface area (Å²) in [6, 6.07) is 9.48. The summed E-state index contributed by atoms with van der Waals surface area (Å²) < 4.78 is 19.8. The SMILES string of the molecule is CCOC(=O)[C@@H](O)c1c(-c2ccc(Cl)cc2)nc2ccc(F)cn12. The topological polar surface area (TPSA) is 63.8 Å². The zero-order valence-corrected chi connectivity index (χ0v) is 13.5. The monoisotopic (exact) mass is 348 g/mol. The largest absolute Gasteiger partial charge is 0.464 e. The van der Waals surface area contributed by atoms with Crippen molar-refractivity contribution in [3.05, 3.63) is 59.1 Å². The van der Waals surface area contributed by atoms with Gasteiger partial charge in [0.1, 0.15) is 11.5 Å². The van der Waals surface area contributed by atoms with Crippen molar-refractivity contribution in [2.75, 3.05) is 6.61 Å². The summed E-state index contributed by atoms with van der Waals surface area (Å²) in [5.74, 6) is -1.33. The van der Waals surface area contributed by atoms with Crippen LogP contribution in [-0.4, -0.2) is 27.1 Å². The number of benzene rings is 1. The maximum atomic E-state index is 13.6. The molecule has 7 heteroatoms. The van der Waals surface area contributed by atoms with Crippen molar-refractivity contribution in [1.29, 1.82) is 0 Å². The van der Waals surface area contributed by atoms with Crippen molar-refractivity contribution in [2.24, 2.45) is 0 Å². The standard InChI is InChI=1S/C17H14ClFN2O3/c1-2-24-17(23)16(22)15-14(10-3-5-11(18)6-4-10)20-13-8-7-12(19)9-21(13)15/h3-9,16,22H,2H2,1H3/t16-/m0/s1. The van der Waals surface area contributed by atoms with Crippen molar-refractivity contribution < 1.29 is 19.0 Å². The molecule has 24 heavy (non-hydrogen) atoms. The number of carbonyl (C=O) groups is 1. The second-order valence-electron chi connectivity index (χ2n) is 5.08. The number of rotatable bonds is 4. The number of pyridine rings is 1. The molecule has 0 unspecified atom stereocenters. The molecule has 0 spiro atoms. The number of halogens is 2. The molecule has 0 amide bonds.